The Kier molecular flexibility index (Phi) is 2.32. The van der Waals surface area contributed by atoms with Crippen LogP contribution in [0.5, 0.6) is 0 Å². The molecule has 0 fully saturated rings. The van der Waals surface area contributed by atoms with Crippen LogP contribution in [0.3, 0.4) is 0 Å². The largest absolute Gasteiger partial charge is 0.196 e. The molecule has 0 radical (unpaired) electrons. The molecule has 0 spiro atoms. The van der Waals surface area contributed by atoms with E-state index in [1.807, 2.05) is 18.2 Å². The van der Waals surface area contributed by atoms with Gasteiger partial charge in [0, 0.05) is 4.48 Å². The summed E-state index contributed by atoms with van der Waals surface area (Å²) in [5.41, 5.74) is 0. The molecule has 10 heavy (non-hydrogen) atoms. The molecule has 0 aromatic rings. The number of hydrogen-bond acceptors (Lipinski definition) is 1. The third-order valence-corrected chi connectivity index (χ3v) is 2.64. The molecule has 1 aliphatic carbocycles. The number of hydrogen-bond donors (Lipinski definition) is 0. The fourth-order valence-corrected chi connectivity index (χ4v) is 1.26. The Morgan fingerprint density at radius 3 is 2.80 bits per heavy atom. The average Bonchev–Trinajstić information content (AvgIpc) is 1.96. The first-order chi connectivity index (χ1) is 4.66. The fraction of sp³-hybridized carbons (Fsp3) is 0.286. The lowest BCUT2D eigenvalue weighted by Gasteiger charge is -2.15. The molecule has 0 saturated carbocycles. The van der Waals surface area contributed by atoms with Gasteiger partial charge in [-0.05, 0) is 12.5 Å². The van der Waals surface area contributed by atoms with E-state index >= 15 is 0 Å². The van der Waals surface area contributed by atoms with Crippen molar-refractivity contribution >= 4 is 31.9 Å². The lowest BCUT2D eigenvalue weighted by atomic mass is 10.0. The molecular formula is C7H5Br2N. The summed E-state index contributed by atoms with van der Waals surface area (Å²) in [5, 5.41) is 8.64. The van der Waals surface area contributed by atoms with Gasteiger partial charge in [-0.3, -0.25) is 0 Å². The smallest absolute Gasteiger partial charge is 0.134 e. The summed E-state index contributed by atoms with van der Waals surface area (Å²) in [5.74, 6) is 0. The molecule has 0 saturated heterocycles. The Balaban J connectivity index is 2.80. The monoisotopic (exact) mass is 261 g/mol. The Morgan fingerprint density at radius 1 is 1.70 bits per heavy atom. The Labute approximate surface area is 76.7 Å². The number of halogens is 2. The maximum Gasteiger partial charge on any atom is 0.134 e. The van der Waals surface area contributed by atoms with Gasteiger partial charge in [0.1, 0.15) is 4.32 Å². The predicted molar refractivity (Wildman–Crippen MR) is 48.0 cm³/mol. The lowest BCUT2D eigenvalue weighted by molar-refractivity contribution is 0.912. The van der Waals surface area contributed by atoms with E-state index in [2.05, 4.69) is 37.9 Å². The topological polar surface area (TPSA) is 23.8 Å². The highest BCUT2D eigenvalue weighted by Gasteiger charge is 2.23. The van der Waals surface area contributed by atoms with Crippen molar-refractivity contribution in [2.24, 2.45) is 0 Å². The summed E-state index contributed by atoms with van der Waals surface area (Å²) >= 11 is 6.62. The number of allylic oxidation sites excluding steroid dienone is 4. The fourth-order valence-electron chi connectivity index (χ4n) is 0.677. The van der Waals surface area contributed by atoms with Crippen molar-refractivity contribution in [3.8, 4) is 6.07 Å². The van der Waals surface area contributed by atoms with Gasteiger partial charge in [0.25, 0.3) is 0 Å². The minimum absolute atomic E-state index is 0.468. The van der Waals surface area contributed by atoms with Crippen molar-refractivity contribution in [1.29, 1.82) is 5.26 Å². The molecule has 1 unspecified atom stereocenters. The minimum atomic E-state index is -0.468. The zero-order valence-corrected chi connectivity index (χ0v) is 8.31. The van der Waals surface area contributed by atoms with E-state index < -0.39 is 4.32 Å². The van der Waals surface area contributed by atoms with E-state index in [0.717, 1.165) is 10.9 Å². The summed E-state index contributed by atoms with van der Waals surface area (Å²) in [7, 11) is 0. The van der Waals surface area contributed by atoms with Crippen LogP contribution in [0.4, 0.5) is 0 Å². The Morgan fingerprint density at radius 2 is 2.40 bits per heavy atom. The van der Waals surface area contributed by atoms with Crippen molar-refractivity contribution in [2.75, 3.05) is 0 Å². The second-order valence-electron chi connectivity index (χ2n) is 2.10. The highest BCUT2D eigenvalue weighted by atomic mass is 79.9. The number of rotatable bonds is 0. The second kappa shape index (κ2) is 2.89. The summed E-state index contributed by atoms with van der Waals surface area (Å²) in [6.07, 6.45) is 6.41. The minimum Gasteiger partial charge on any atom is -0.196 e. The molecule has 3 heteroatoms. The molecule has 0 bridgehead atoms. The number of alkyl halides is 1. The number of nitrogens with zero attached hydrogens (tertiary/aromatic N) is 1. The predicted octanol–water partition coefficient (Wildman–Crippen LogP) is 2.88. The van der Waals surface area contributed by atoms with E-state index in [0.29, 0.717) is 0 Å². The quantitative estimate of drug-likeness (QED) is 0.616. The highest BCUT2D eigenvalue weighted by molar-refractivity contribution is 9.12. The summed E-state index contributed by atoms with van der Waals surface area (Å²) in [6.45, 7) is 0. The van der Waals surface area contributed by atoms with Gasteiger partial charge in [0.05, 0.1) is 6.07 Å². The zero-order valence-electron chi connectivity index (χ0n) is 5.14. The van der Waals surface area contributed by atoms with Gasteiger partial charge in [0.15, 0.2) is 0 Å². The highest BCUT2D eigenvalue weighted by Crippen LogP contribution is 2.30. The standard InChI is InChI=1S/C7H5Br2N/c8-6-1-3-7(9,5-10)4-2-6/h1-3H,4H2. The molecule has 1 aliphatic rings. The molecule has 0 amide bonds. The molecule has 1 atom stereocenters. The summed E-state index contributed by atoms with van der Waals surface area (Å²) in [6, 6.07) is 2.17. The van der Waals surface area contributed by atoms with E-state index in [4.69, 9.17) is 5.26 Å². The van der Waals surface area contributed by atoms with Crippen molar-refractivity contribution in [3.05, 3.63) is 22.7 Å². The van der Waals surface area contributed by atoms with Gasteiger partial charge >= 0.3 is 0 Å². The average molecular weight is 263 g/mol. The summed E-state index contributed by atoms with van der Waals surface area (Å²) < 4.78 is 0.572. The van der Waals surface area contributed by atoms with Crippen molar-refractivity contribution in [1.82, 2.24) is 0 Å². The molecule has 52 valence electrons. The van der Waals surface area contributed by atoms with Crippen LogP contribution >= 0.6 is 31.9 Å². The van der Waals surface area contributed by atoms with Crippen LogP contribution in [0, 0.1) is 11.3 Å². The van der Waals surface area contributed by atoms with Crippen molar-refractivity contribution < 1.29 is 0 Å². The van der Waals surface area contributed by atoms with Crippen LogP contribution < -0.4 is 0 Å². The zero-order chi connectivity index (χ0) is 7.61. The summed E-state index contributed by atoms with van der Waals surface area (Å²) in [4.78, 5) is 0. The van der Waals surface area contributed by atoms with E-state index in [1.165, 1.54) is 0 Å². The van der Waals surface area contributed by atoms with E-state index in [9.17, 15) is 0 Å². The Hall–Kier alpha value is -0.0700. The van der Waals surface area contributed by atoms with Crippen molar-refractivity contribution in [2.45, 2.75) is 10.7 Å². The Bertz CT molecular complexity index is 236. The molecule has 1 rings (SSSR count). The first-order valence-corrected chi connectivity index (χ1v) is 4.40. The van der Waals surface area contributed by atoms with Gasteiger partial charge in [-0.1, -0.05) is 44.0 Å². The van der Waals surface area contributed by atoms with Crippen LogP contribution in [-0.4, -0.2) is 4.32 Å². The van der Waals surface area contributed by atoms with E-state index in [1.54, 1.807) is 0 Å². The van der Waals surface area contributed by atoms with Gasteiger partial charge in [0.2, 0.25) is 0 Å². The molecule has 1 nitrogen and oxygen atoms in total. The SMILES string of the molecule is N#CC1(Br)C=CC(Br)=CC1. The van der Waals surface area contributed by atoms with Gasteiger partial charge in [-0.25, -0.2) is 0 Å². The van der Waals surface area contributed by atoms with Gasteiger partial charge in [-0.2, -0.15) is 5.26 Å². The maximum absolute atomic E-state index is 8.64. The third-order valence-electron chi connectivity index (χ3n) is 1.29. The molecule has 0 aliphatic heterocycles. The van der Waals surface area contributed by atoms with Crippen LogP contribution in [0.25, 0.3) is 0 Å². The van der Waals surface area contributed by atoms with E-state index in [-0.39, 0.29) is 0 Å². The van der Waals surface area contributed by atoms with Crippen LogP contribution in [-0.2, 0) is 0 Å². The van der Waals surface area contributed by atoms with Crippen LogP contribution in [0.1, 0.15) is 6.42 Å². The normalized spacial score (nSPS) is 31.1. The third kappa shape index (κ3) is 1.71. The number of nitriles is 1. The maximum atomic E-state index is 8.64. The molecule has 0 N–H and O–H groups in total. The van der Waals surface area contributed by atoms with Gasteiger partial charge in [-0.15, -0.1) is 0 Å². The molecular weight excluding hydrogens is 258 g/mol. The lowest BCUT2D eigenvalue weighted by Crippen LogP contribution is -2.14. The molecule has 0 heterocycles. The first-order valence-electron chi connectivity index (χ1n) is 2.81. The van der Waals surface area contributed by atoms with Crippen LogP contribution in [0.15, 0.2) is 22.7 Å². The molecule has 0 aromatic heterocycles. The van der Waals surface area contributed by atoms with Crippen LogP contribution in [0.2, 0.25) is 0 Å². The first kappa shape index (κ1) is 8.03. The second-order valence-corrected chi connectivity index (χ2v) is 4.43. The van der Waals surface area contributed by atoms with Gasteiger partial charge < -0.3 is 0 Å². The van der Waals surface area contributed by atoms with Crippen molar-refractivity contribution in [3.63, 3.8) is 0 Å². The molecule has 0 aromatic carbocycles.